The number of anilines is 1. The monoisotopic (exact) mass is 334 g/mol. The van der Waals surface area contributed by atoms with E-state index in [-0.39, 0.29) is 17.0 Å². The molecule has 7 nitrogen and oxygen atoms in total. The third kappa shape index (κ3) is 3.20. The van der Waals surface area contributed by atoms with Crippen molar-refractivity contribution in [2.45, 2.75) is 52.9 Å². The molecular formula is C17H26N4O3. The van der Waals surface area contributed by atoms with Crippen molar-refractivity contribution in [3.63, 3.8) is 0 Å². The number of carbonyl (C=O) groups is 1. The molecule has 0 unspecified atom stereocenters. The van der Waals surface area contributed by atoms with Gasteiger partial charge in [0, 0.05) is 19.3 Å². The fourth-order valence-corrected chi connectivity index (χ4v) is 3.36. The first-order chi connectivity index (χ1) is 11.5. The van der Waals surface area contributed by atoms with Crippen LogP contribution in [0.5, 0.6) is 0 Å². The zero-order valence-electron chi connectivity index (χ0n) is 14.7. The Bertz CT molecular complexity index is 601. The van der Waals surface area contributed by atoms with Crippen molar-refractivity contribution in [1.29, 1.82) is 0 Å². The molecule has 0 aliphatic carbocycles. The summed E-state index contributed by atoms with van der Waals surface area (Å²) in [6, 6.07) is 1.62. The van der Waals surface area contributed by atoms with Gasteiger partial charge in [0.2, 0.25) is 5.91 Å². The first-order valence-corrected chi connectivity index (χ1v) is 8.68. The standard InChI is InChI=1S/C17H26N4O3/c1-4-7-11-19(14-8-10-18-13-15(14)21(23)24)20-12-9-17(5-2,6-3)16(20)22/h8,10,13H,4-7,9,11-12H2,1-3H3. The van der Waals surface area contributed by atoms with Gasteiger partial charge in [-0.2, -0.15) is 0 Å². The fourth-order valence-electron chi connectivity index (χ4n) is 3.36. The number of amides is 1. The number of unbranched alkanes of at least 4 members (excludes halogenated alkanes) is 1. The van der Waals surface area contributed by atoms with Crippen molar-refractivity contribution in [2.24, 2.45) is 5.41 Å². The summed E-state index contributed by atoms with van der Waals surface area (Å²) < 4.78 is 0. The molecule has 0 aromatic carbocycles. The number of pyridine rings is 1. The molecular weight excluding hydrogens is 308 g/mol. The Hall–Kier alpha value is -2.18. The predicted molar refractivity (Wildman–Crippen MR) is 92.5 cm³/mol. The second-order valence-corrected chi connectivity index (χ2v) is 6.26. The third-order valence-electron chi connectivity index (χ3n) is 5.11. The molecule has 132 valence electrons. The fraction of sp³-hybridized carbons (Fsp3) is 0.647. The van der Waals surface area contributed by atoms with E-state index in [0.717, 1.165) is 32.1 Å². The average molecular weight is 334 g/mol. The Labute approximate surface area is 142 Å². The highest BCUT2D eigenvalue weighted by Gasteiger charge is 2.46. The summed E-state index contributed by atoms with van der Waals surface area (Å²) in [5.41, 5.74) is 0.0402. The lowest BCUT2D eigenvalue weighted by molar-refractivity contribution is -0.384. The van der Waals surface area contributed by atoms with Crippen molar-refractivity contribution < 1.29 is 9.72 Å². The molecule has 1 amide bonds. The molecule has 1 aliphatic rings. The van der Waals surface area contributed by atoms with Gasteiger partial charge < -0.3 is 0 Å². The number of hydrogen-bond acceptors (Lipinski definition) is 5. The number of hydrazine groups is 1. The van der Waals surface area contributed by atoms with Crippen LogP contribution < -0.4 is 5.01 Å². The van der Waals surface area contributed by atoms with Crippen molar-refractivity contribution in [3.05, 3.63) is 28.6 Å². The van der Waals surface area contributed by atoms with E-state index in [1.54, 1.807) is 16.1 Å². The zero-order chi connectivity index (χ0) is 17.7. The molecule has 1 saturated heterocycles. The van der Waals surface area contributed by atoms with Crippen molar-refractivity contribution in [1.82, 2.24) is 9.99 Å². The van der Waals surface area contributed by atoms with Crippen LogP contribution >= 0.6 is 0 Å². The molecule has 0 bridgehead atoms. The van der Waals surface area contributed by atoms with Crippen LogP contribution in [0.2, 0.25) is 0 Å². The Morgan fingerprint density at radius 2 is 2.08 bits per heavy atom. The van der Waals surface area contributed by atoms with Gasteiger partial charge in [-0.05, 0) is 31.7 Å². The van der Waals surface area contributed by atoms with Gasteiger partial charge in [-0.15, -0.1) is 0 Å². The van der Waals surface area contributed by atoms with E-state index in [1.165, 1.54) is 12.4 Å². The molecule has 1 aromatic rings. The molecule has 2 rings (SSSR count). The maximum absolute atomic E-state index is 13.0. The van der Waals surface area contributed by atoms with Gasteiger partial charge in [0.25, 0.3) is 0 Å². The minimum absolute atomic E-state index is 0.0631. The first-order valence-electron chi connectivity index (χ1n) is 8.68. The quantitative estimate of drug-likeness (QED) is 0.536. The summed E-state index contributed by atoms with van der Waals surface area (Å²) in [5.74, 6) is 0.0784. The van der Waals surface area contributed by atoms with Gasteiger partial charge in [-0.3, -0.25) is 29.9 Å². The Morgan fingerprint density at radius 1 is 1.38 bits per heavy atom. The second kappa shape index (κ2) is 7.59. The summed E-state index contributed by atoms with van der Waals surface area (Å²) in [6.07, 6.45) is 6.97. The van der Waals surface area contributed by atoms with E-state index in [1.807, 2.05) is 13.8 Å². The van der Waals surface area contributed by atoms with Crippen molar-refractivity contribution >= 4 is 17.3 Å². The van der Waals surface area contributed by atoms with Crippen LogP contribution in [0.3, 0.4) is 0 Å². The summed E-state index contributed by atoms with van der Waals surface area (Å²) >= 11 is 0. The van der Waals surface area contributed by atoms with E-state index >= 15 is 0 Å². The molecule has 2 heterocycles. The summed E-state index contributed by atoms with van der Waals surface area (Å²) in [7, 11) is 0. The molecule has 0 spiro atoms. The highest BCUT2D eigenvalue weighted by atomic mass is 16.6. The third-order valence-corrected chi connectivity index (χ3v) is 5.11. The molecule has 24 heavy (non-hydrogen) atoms. The Kier molecular flexibility index (Phi) is 5.75. The normalized spacial score (nSPS) is 16.5. The van der Waals surface area contributed by atoms with Gasteiger partial charge in [-0.25, -0.2) is 0 Å². The van der Waals surface area contributed by atoms with Crippen LogP contribution in [0.1, 0.15) is 52.9 Å². The van der Waals surface area contributed by atoms with Gasteiger partial charge in [0.1, 0.15) is 11.9 Å². The Morgan fingerprint density at radius 3 is 2.62 bits per heavy atom. The predicted octanol–water partition coefficient (Wildman–Crippen LogP) is 3.55. The molecule has 0 N–H and O–H groups in total. The molecule has 1 aromatic heterocycles. The number of carbonyl (C=O) groups excluding carboxylic acids is 1. The molecule has 7 heteroatoms. The lowest BCUT2D eigenvalue weighted by atomic mass is 9.81. The second-order valence-electron chi connectivity index (χ2n) is 6.26. The van der Waals surface area contributed by atoms with E-state index < -0.39 is 4.92 Å². The van der Waals surface area contributed by atoms with E-state index in [0.29, 0.717) is 18.8 Å². The van der Waals surface area contributed by atoms with Crippen LogP contribution in [-0.4, -0.2) is 33.9 Å². The molecule has 1 aliphatic heterocycles. The average Bonchev–Trinajstić information content (AvgIpc) is 2.93. The van der Waals surface area contributed by atoms with Gasteiger partial charge in [0.05, 0.1) is 10.3 Å². The minimum atomic E-state index is -0.436. The lowest BCUT2D eigenvalue weighted by Gasteiger charge is -2.35. The van der Waals surface area contributed by atoms with Crippen LogP contribution in [-0.2, 0) is 4.79 Å². The minimum Gasteiger partial charge on any atom is -0.276 e. The maximum Gasteiger partial charge on any atom is 0.312 e. The van der Waals surface area contributed by atoms with E-state index in [9.17, 15) is 14.9 Å². The Balaban J connectivity index is 2.41. The SMILES string of the molecule is CCCCN(c1ccncc1[N+](=O)[O-])N1CCC(CC)(CC)C1=O. The number of hydrogen-bond donors (Lipinski definition) is 0. The smallest absolute Gasteiger partial charge is 0.276 e. The van der Waals surface area contributed by atoms with Crippen molar-refractivity contribution in [3.8, 4) is 0 Å². The maximum atomic E-state index is 13.0. The summed E-state index contributed by atoms with van der Waals surface area (Å²) in [6.45, 7) is 7.32. The highest BCUT2D eigenvalue weighted by Crippen LogP contribution is 2.41. The number of nitrogens with zero attached hydrogens (tertiary/aromatic N) is 4. The number of rotatable bonds is 8. The highest BCUT2D eigenvalue weighted by molar-refractivity contribution is 5.86. The first kappa shape index (κ1) is 18.2. The summed E-state index contributed by atoms with van der Waals surface area (Å²) in [5, 5.41) is 14.9. The molecule has 0 radical (unpaired) electrons. The molecule has 1 fully saturated rings. The molecule has 0 saturated carbocycles. The zero-order valence-corrected chi connectivity index (χ0v) is 14.7. The van der Waals surface area contributed by atoms with Gasteiger partial charge in [-0.1, -0.05) is 27.2 Å². The van der Waals surface area contributed by atoms with E-state index in [4.69, 9.17) is 0 Å². The number of aromatic nitrogens is 1. The van der Waals surface area contributed by atoms with Crippen LogP contribution in [0.25, 0.3) is 0 Å². The topological polar surface area (TPSA) is 79.6 Å². The largest absolute Gasteiger partial charge is 0.312 e. The van der Waals surface area contributed by atoms with E-state index in [2.05, 4.69) is 11.9 Å². The van der Waals surface area contributed by atoms with Gasteiger partial charge in [0.15, 0.2) is 0 Å². The van der Waals surface area contributed by atoms with Crippen LogP contribution in [0.4, 0.5) is 11.4 Å². The van der Waals surface area contributed by atoms with Crippen LogP contribution in [0, 0.1) is 15.5 Å². The lowest BCUT2D eigenvalue weighted by Crippen LogP contribution is -2.47. The van der Waals surface area contributed by atoms with Crippen LogP contribution in [0.15, 0.2) is 18.5 Å². The number of nitro groups is 1. The van der Waals surface area contributed by atoms with Crippen molar-refractivity contribution in [2.75, 3.05) is 18.1 Å². The molecule has 0 atom stereocenters. The van der Waals surface area contributed by atoms with Gasteiger partial charge >= 0.3 is 5.69 Å². The summed E-state index contributed by atoms with van der Waals surface area (Å²) in [4.78, 5) is 27.8.